The van der Waals surface area contributed by atoms with Crippen LogP contribution in [-0.4, -0.2) is 41.4 Å². The molecule has 7 heteroatoms. The molecule has 1 aromatic heterocycles. The summed E-state index contributed by atoms with van der Waals surface area (Å²) in [4.78, 5) is 18.4. The molecule has 1 aliphatic rings. The summed E-state index contributed by atoms with van der Waals surface area (Å²) in [5.41, 5.74) is 1.26. The van der Waals surface area contributed by atoms with Gasteiger partial charge in [0, 0.05) is 32.2 Å². The summed E-state index contributed by atoms with van der Waals surface area (Å²) < 4.78 is 4.90. The molecule has 1 atom stereocenters. The number of nitrogens with one attached hydrogen (secondary N) is 1. The third kappa shape index (κ3) is 4.74. The summed E-state index contributed by atoms with van der Waals surface area (Å²) >= 11 is 1.50. The van der Waals surface area contributed by atoms with Crippen LogP contribution in [0.5, 0.6) is 0 Å². The number of hydrogen-bond donors (Lipinski definition) is 1. The predicted molar refractivity (Wildman–Crippen MR) is 95.0 cm³/mol. The van der Waals surface area contributed by atoms with Gasteiger partial charge in [0.1, 0.15) is 0 Å². The van der Waals surface area contributed by atoms with Crippen molar-refractivity contribution in [3.63, 3.8) is 0 Å². The lowest BCUT2D eigenvalue weighted by Gasteiger charge is -2.18. The third-order valence-corrected chi connectivity index (χ3v) is 4.96. The van der Waals surface area contributed by atoms with Crippen molar-refractivity contribution in [1.29, 1.82) is 0 Å². The van der Waals surface area contributed by atoms with E-state index in [0.717, 1.165) is 26.1 Å². The summed E-state index contributed by atoms with van der Waals surface area (Å²) in [6, 6.07) is 10.4. The number of rotatable bonds is 7. The van der Waals surface area contributed by atoms with Gasteiger partial charge in [-0.3, -0.25) is 4.79 Å². The van der Waals surface area contributed by atoms with E-state index in [9.17, 15) is 4.79 Å². The van der Waals surface area contributed by atoms with Crippen LogP contribution in [0.1, 0.15) is 18.1 Å². The number of amides is 1. The fraction of sp³-hybridized carbons (Fsp3) is 0.471. The lowest BCUT2D eigenvalue weighted by molar-refractivity contribution is -0.118. The Labute approximate surface area is 146 Å². The molecule has 2 heterocycles. The van der Waals surface area contributed by atoms with Gasteiger partial charge in [0.25, 0.3) is 0 Å². The maximum absolute atomic E-state index is 11.9. The Morgan fingerprint density at radius 3 is 3.00 bits per heavy atom. The number of aryl methyl sites for hydroxylation is 1. The van der Waals surface area contributed by atoms with Crippen LogP contribution in [0.15, 0.2) is 34.9 Å². The standard InChI is InChI=1S/C17H22N4O2S/c1-13-19-16(20-23-13)11-24-12-17(22)18-9-14-7-8-21(10-14)15-5-3-2-4-6-15/h2-6,14H,7-12H2,1H3,(H,18,22)/t14-/m0/s1. The highest BCUT2D eigenvalue weighted by molar-refractivity contribution is 7.99. The molecule has 128 valence electrons. The smallest absolute Gasteiger partial charge is 0.230 e. The third-order valence-electron chi connectivity index (χ3n) is 4.03. The van der Waals surface area contributed by atoms with Gasteiger partial charge in [0.2, 0.25) is 11.8 Å². The van der Waals surface area contributed by atoms with E-state index in [4.69, 9.17) is 4.52 Å². The van der Waals surface area contributed by atoms with Crippen molar-refractivity contribution in [2.75, 3.05) is 30.3 Å². The number of para-hydroxylation sites is 1. The Kier molecular flexibility index (Phi) is 5.74. The quantitative estimate of drug-likeness (QED) is 0.829. The number of hydrogen-bond acceptors (Lipinski definition) is 6. The molecule has 0 saturated carbocycles. The molecular weight excluding hydrogens is 324 g/mol. The number of aromatic nitrogens is 2. The van der Waals surface area contributed by atoms with Gasteiger partial charge in [-0.1, -0.05) is 23.4 Å². The van der Waals surface area contributed by atoms with Gasteiger partial charge in [-0.2, -0.15) is 4.98 Å². The SMILES string of the molecule is Cc1nc(CSCC(=O)NC[C@@H]2CCN(c3ccccc3)C2)no1. The number of nitrogens with zero attached hydrogens (tertiary/aromatic N) is 3. The minimum Gasteiger partial charge on any atom is -0.371 e. The fourth-order valence-electron chi connectivity index (χ4n) is 2.82. The zero-order chi connectivity index (χ0) is 16.8. The maximum Gasteiger partial charge on any atom is 0.230 e. The molecule has 0 aliphatic carbocycles. The molecule has 1 fully saturated rings. The highest BCUT2D eigenvalue weighted by Crippen LogP contribution is 2.22. The number of carbonyl (C=O) groups is 1. The molecule has 0 bridgehead atoms. The Morgan fingerprint density at radius 2 is 2.25 bits per heavy atom. The average Bonchev–Trinajstić information content (AvgIpc) is 3.23. The maximum atomic E-state index is 11.9. The van der Waals surface area contributed by atoms with E-state index in [0.29, 0.717) is 29.1 Å². The van der Waals surface area contributed by atoms with Gasteiger partial charge in [-0.15, -0.1) is 11.8 Å². The van der Waals surface area contributed by atoms with Gasteiger partial charge in [-0.05, 0) is 24.5 Å². The largest absolute Gasteiger partial charge is 0.371 e. The number of benzene rings is 1. The first kappa shape index (κ1) is 16.8. The fourth-order valence-corrected chi connectivity index (χ4v) is 3.51. The lowest BCUT2D eigenvalue weighted by Crippen LogP contribution is -2.32. The first-order chi connectivity index (χ1) is 11.7. The molecule has 1 aliphatic heterocycles. The van der Waals surface area contributed by atoms with Crippen LogP contribution in [0, 0.1) is 12.8 Å². The summed E-state index contributed by atoms with van der Waals surface area (Å²) in [5, 5.41) is 6.85. The van der Waals surface area contributed by atoms with Crippen molar-refractivity contribution in [3.05, 3.63) is 42.0 Å². The second-order valence-electron chi connectivity index (χ2n) is 5.96. The van der Waals surface area contributed by atoms with Gasteiger partial charge in [0.15, 0.2) is 5.82 Å². The minimum atomic E-state index is 0.0679. The average molecular weight is 346 g/mol. The first-order valence-corrected chi connectivity index (χ1v) is 9.30. The second kappa shape index (κ2) is 8.19. The zero-order valence-corrected chi connectivity index (χ0v) is 14.6. The number of carbonyl (C=O) groups excluding carboxylic acids is 1. The van der Waals surface area contributed by atoms with Gasteiger partial charge < -0.3 is 14.7 Å². The van der Waals surface area contributed by atoms with E-state index in [1.807, 2.05) is 6.07 Å². The molecule has 0 radical (unpaired) electrons. The van der Waals surface area contributed by atoms with Crippen LogP contribution in [-0.2, 0) is 10.5 Å². The van der Waals surface area contributed by atoms with Crippen LogP contribution >= 0.6 is 11.8 Å². The Balaban J connectivity index is 1.33. The molecule has 1 amide bonds. The highest BCUT2D eigenvalue weighted by Gasteiger charge is 2.22. The van der Waals surface area contributed by atoms with E-state index in [1.165, 1.54) is 17.4 Å². The highest BCUT2D eigenvalue weighted by atomic mass is 32.2. The van der Waals surface area contributed by atoms with E-state index >= 15 is 0 Å². The number of thioether (sulfide) groups is 1. The van der Waals surface area contributed by atoms with Crippen molar-refractivity contribution in [2.24, 2.45) is 5.92 Å². The molecule has 1 saturated heterocycles. The van der Waals surface area contributed by atoms with Gasteiger partial charge in [-0.25, -0.2) is 0 Å². The molecule has 1 aromatic carbocycles. The summed E-state index contributed by atoms with van der Waals surface area (Å²) in [6.45, 7) is 4.55. The Morgan fingerprint density at radius 1 is 1.42 bits per heavy atom. The molecule has 24 heavy (non-hydrogen) atoms. The van der Waals surface area contributed by atoms with E-state index in [2.05, 4.69) is 44.6 Å². The summed E-state index contributed by atoms with van der Waals surface area (Å²) in [6.07, 6.45) is 1.12. The molecule has 2 aromatic rings. The zero-order valence-electron chi connectivity index (χ0n) is 13.8. The van der Waals surface area contributed by atoms with E-state index < -0.39 is 0 Å². The van der Waals surface area contributed by atoms with Crippen LogP contribution in [0.4, 0.5) is 5.69 Å². The first-order valence-electron chi connectivity index (χ1n) is 8.14. The van der Waals surface area contributed by atoms with Crippen LogP contribution in [0.2, 0.25) is 0 Å². The Bertz CT molecular complexity index is 662. The topological polar surface area (TPSA) is 71.3 Å². The van der Waals surface area contributed by atoms with E-state index in [1.54, 1.807) is 6.92 Å². The van der Waals surface area contributed by atoms with Crippen LogP contribution < -0.4 is 10.2 Å². The van der Waals surface area contributed by atoms with Crippen molar-refractivity contribution < 1.29 is 9.32 Å². The number of anilines is 1. The van der Waals surface area contributed by atoms with Crippen molar-refractivity contribution in [3.8, 4) is 0 Å². The van der Waals surface area contributed by atoms with Gasteiger partial charge in [0.05, 0.1) is 11.5 Å². The van der Waals surface area contributed by atoms with Crippen molar-refractivity contribution in [1.82, 2.24) is 15.5 Å². The normalized spacial score (nSPS) is 17.2. The van der Waals surface area contributed by atoms with Crippen molar-refractivity contribution in [2.45, 2.75) is 19.1 Å². The molecule has 6 nitrogen and oxygen atoms in total. The molecule has 0 unspecified atom stereocenters. The lowest BCUT2D eigenvalue weighted by atomic mass is 10.1. The van der Waals surface area contributed by atoms with Crippen LogP contribution in [0.3, 0.4) is 0 Å². The van der Waals surface area contributed by atoms with E-state index in [-0.39, 0.29) is 5.91 Å². The monoisotopic (exact) mass is 346 g/mol. The molecular formula is C17H22N4O2S. The molecule has 3 rings (SSSR count). The summed E-state index contributed by atoms with van der Waals surface area (Å²) in [7, 11) is 0. The van der Waals surface area contributed by atoms with Crippen LogP contribution in [0.25, 0.3) is 0 Å². The molecule has 1 N–H and O–H groups in total. The van der Waals surface area contributed by atoms with Crippen molar-refractivity contribution >= 4 is 23.4 Å². The predicted octanol–water partition coefficient (Wildman–Crippen LogP) is 2.25. The molecule has 0 spiro atoms. The summed E-state index contributed by atoms with van der Waals surface area (Å²) in [5.74, 6) is 2.79. The second-order valence-corrected chi connectivity index (χ2v) is 6.95. The van der Waals surface area contributed by atoms with Gasteiger partial charge >= 0.3 is 0 Å². The Hall–Kier alpha value is -2.02. The minimum absolute atomic E-state index is 0.0679.